The first-order valence-corrected chi connectivity index (χ1v) is 10.0. The molecule has 1 aromatic rings. The second-order valence-electron chi connectivity index (χ2n) is 6.68. The van der Waals surface area contributed by atoms with Crippen LogP contribution in [0, 0.1) is 35.0 Å². The first kappa shape index (κ1) is 23.0. The van der Waals surface area contributed by atoms with E-state index in [2.05, 4.69) is 0 Å². The fourth-order valence-electron chi connectivity index (χ4n) is 2.20. The van der Waals surface area contributed by atoms with Crippen molar-refractivity contribution in [2.24, 2.45) is 5.92 Å². The highest BCUT2D eigenvalue weighted by Crippen LogP contribution is 2.26. The summed E-state index contributed by atoms with van der Waals surface area (Å²) in [4.78, 5) is 0. The topological polar surface area (TPSA) is 27.7 Å². The second kappa shape index (κ2) is 10.3. The molecular formula is C17H25F5O3Si. The van der Waals surface area contributed by atoms with Gasteiger partial charge in [0.2, 0.25) is 5.82 Å². The number of halogens is 5. The lowest BCUT2D eigenvalue weighted by Crippen LogP contribution is -2.29. The highest BCUT2D eigenvalue weighted by atomic mass is 28.2. The van der Waals surface area contributed by atoms with Crippen LogP contribution in [0.4, 0.5) is 22.0 Å². The Labute approximate surface area is 152 Å². The molecule has 1 rings (SSSR count). The van der Waals surface area contributed by atoms with Gasteiger partial charge in [0.05, 0.1) is 12.2 Å². The normalized spacial score (nSPS) is 13.7. The molecule has 0 radical (unpaired) electrons. The van der Waals surface area contributed by atoms with Crippen molar-refractivity contribution in [1.29, 1.82) is 0 Å². The van der Waals surface area contributed by atoms with E-state index in [4.69, 9.17) is 13.9 Å². The summed E-state index contributed by atoms with van der Waals surface area (Å²) < 4.78 is 83.5. The van der Waals surface area contributed by atoms with E-state index in [9.17, 15) is 22.0 Å². The first-order valence-electron chi connectivity index (χ1n) is 8.47. The minimum absolute atomic E-state index is 0.112. The Morgan fingerprint density at radius 1 is 0.731 bits per heavy atom. The molecular weight excluding hydrogens is 375 g/mol. The Balaban J connectivity index is 2.66. The minimum Gasteiger partial charge on any atom is -0.379 e. The van der Waals surface area contributed by atoms with E-state index in [1.54, 1.807) is 6.92 Å². The van der Waals surface area contributed by atoms with Crippen molar-refractivity contribution in [2.75, 3.05) is 0 Å². The molecule has 1 atom stereocenters. The van der Waals surface area contributed by atoms with Gasteiger partial charge in [0.1, 0.15) is 0 Å². The molecule has 0 fully saturated rings. The van der Waals surface area contributed by atoms with Gasteiger partial charge in [0.25, 0.3) is 6.48 Å². The van der Waals surface area contributed by atoms with Gasteiger partial charge >= 0.3 is 0 Å². The SMILES string of the molecule is CC(C[SiH2]OC(OC(C)C)OC(C)C)Cc1c(F)c(F)c(F)c(F)c1F. The maximum absolute atomic E-state index is 13.7. The number of benzene rings is 1. The zero-order chi connectivity index (χ0) is 20.0. The van der Waals surface area contributed by atoms with Gasteiger partial charge in [0.15, 0.2) is 33.0 Å². The summed E-state index contributed by atoms with van der Waals surface area (Å²) in [5, 5.41) is 0. The molecule has 0 aromatic heterocycles. The Morgan fingerprint density at radius 2 is 1.15 bits per heavy atom. The highest BCUT2D eigenvalue weighted by Gasteiger charge is 2.26. The Hall–Kier alpha value is -1.03. The van der Waals surface area contributed by atoms with Gasteiger partial charge in [0, 0.05) is 5.56 Å². The summed E-state index contributed by atoms with van der Waals surface area (Å²) in [6, 6.07) is 0.457. The summed E-state index contributed by atoms with van der Waals surface area (Å²) in [5.41, 5.74) is -0.795. The first-order chi connectivity index (χ1) is 12.0. The third kappa shape index (κ3) is 6.60. The molecule has 0 aliphatic heterocycles. The lowest BCUT2D eigenvalue weighted by molar-refractivity contribution is -0.275. The summed E-state index contributed by atoms with van der Waals surface area (Å²) in [5.74, 6) is -9.87. The third-order valence-electron chi connectivity index (χ3n) is 3.48. The van der Waals surface area contributed by atoms with Crippen LogP contribution in [0.15, 0.2) is 0 Å². The lowest BCUT2D eigenvalue weighted by atomic mass is 10.0. The Bertz CT molecular complexity index is 559. The molecule has 0 amide bonds. The van der Waals surface area contributed by atoms with Gasteiger partial charge in [-0.25, -0.2) is 22.0 Å². The monoisotopic (exact) mass is 400 g/mol. The summed E-state index contributed by atoms with van der Waals surface area (Å²) in [6.45, 7) is 8.14. The summed E-state index contributed by atoms with van der Waals surface area (Å²) in [7, 11) is -1.19. The van der Waals surface area contributed by atoms with E-state index in [0.717, 1.165) is 0 Å². The Kier molecular flexibility index (Phi) is 9.15. The van der Waals surface area contributed by atoms with Gasteiger partial charge < -0.3 is 13.9 Å². The van der Waals surface area contributed by atoms with E-state index in [-0.39, 0.29) is 24.5 Å². The van der Waals surface area contributed by atoms with Crippen LogP contribution in [0.2, 0.25) is 6.04 Å². The Morgan fingerprint density at radius 3 is 1.58 bits per heavy atom. The molecule has 0 saturated carbocycles. The second-order valence-corrected chi connectivity index (χ2v) is 7.99. The number of hydrogen-bond donors (Lipinski definition) is 0. The van der Waals surface area contributed by atoms with E-state index in [1.165, 1.54) is 0 Å². The molecule has 1 unspecified atom stereocenters. The van der Waals surface area contributed by atoms with E-state index >= 15 is 0 Å². The van der Waals surface area contributed by atoms with Crippen LogP contribution >= 0.6 is 0 Å². The molecule has 9 heteroatoms. The number of ether oxygens (including phenoxy) is 2. The van der Waals surface area contributed by atoms with Gasteiger partial charge in [-0.05, 0) is 46.1 Å². The molecule has 3 nitrogen and oxygen atoms in total. The lowest BCUT2D eigenvalue weighted by Gasteiger charge is -2.23. The molecule has 150 valence electrons. The number of hydrogen-bond acceptors (Lipinski definition) is 3. The van der Waals surface area contributed by atoms with Crippen molar-refractivity contribution < 1.29 is 35.9 Å². The van der Waals surface area contributed by atoms with Crippen molar-refractivity contribution >= 4 is 9.76 Å². The van der Waals surface area contributed by atoms with Crippen molar-refractivity contribution in [2.45, 2.75) is 65.8 Å². The molecule has 0 saturated heterocycles. The van der Waals surface area contributed by atoms with E-state index in [1.807, 2.05) is 27.7 Å². The van der Waals surface area contributed by atoms with E-state index < -0.39 is 50.9 Å². The fourth-order valence-corrected chi connectivity index (χ4v) is 3.29. The molecule has 0 heterocycles. The molecule has 0 bridgehead atoms. The fraction of sp³-hybridized carbons (Fsp3) is 0.647. The largest absolute Gasteiger partial charge is 0.379 e. The van der Waals surface area contributed by atoms with Crippen molar-refractivity contribution in [1.82, 2.24) is 0 Å². The van der Waals surface area contributed by atoms with Gasteiger partial charge in [-0.15, -0.1) is 0 Å². The highest BCUT2D eigenvalue weighted by molar-refractivity contribution is 6.27. The molecule has 0 aliphatic carbocycles. The van der Waals surface area contributed by atoms with Gasteiger partial charge in [-0.3, -0.25) is 0 Å². The summed E-state index contributed by atoms with van der Waals surface area (Å²) >= 11 is 0. The van der Waals surface area contributed by atoms with Crippen molar-refractivity contribution in [3.63, 3.8) is 0 Å². The average molecular weight is 400 g/mol. The maximum Gasteiger partial charge on any atom is 0.262 e. The zero-order valence-electron chi connectivity index (χ0n) is 15.5. The van der Waals surface area contributed by atoms with E-state index in [0.29, 0.717) is 6.04 Å². The number of rotatable bonds is 10. The smallest absolute Gasteiger partial charge is 0.262 e. The van der Waals surface area contributed by atoms with Crippen LogP contribution in [0.1, 0.15) is 40.2 Å². The molecule has 0 spiro atoms. The molecule has 1 aromatic carbocycles. The van der Waals surface area contributed by atoms with Crippen LogP contribution in [-0.4, -0.2) is 28.4 Å². The van der Waals surface area contributed by atoms with Crippen molar-refractivity contribution in [3.05, 3.63) is 34.6 Å². The van der Waals surface area contributed by atoms with Crippen molar-refractivity contribution in [3.8, 4) is 0 Å². The molecule has 0 aliphatic rings. The maximum atomic E-state index is 13.7. The minimum atomic E-state index is -2.14. The standard InChI is InChI=1S/C17H25F5O3Si/c1-8(2)23-17(24-9(3)4)25-26-7-10(5)6-11-12(18)14(20)16(22)15(21)13(11)19/h8-10,17H,6-7,26H2,1-5H3. The van der Waals surface area contributed by atoms with Gasteiger partial charge in [-0.2, -0.15) is 0 Å². The van der Waals surface area contributed by atoms with Crippen LogP contribution in [-0.2, 0) is 20.3 Å². The van der Waals surface area contributed by atoms with Crippen LogP contribution < -0.4 is 0 Å². The van der Waals surface area contributed by atoms with Crippen LogP contribution in [0.25, 0.3) is 0 Å². The predicted octanol–water partition coefficient (Wildman–Crippen LogP) is 4.21. The third-order valence-corrected chi connectivity index (χ3v) is 5.21. The van der Waals surface area contributed by atoms with Crippen LogP contribution in [0.5, 0.6) is 0 Å². The molecule has 26 heavy (non-hydrogen) atoms. The summed E-state index contributed by atoms with van der Waals surface area (Å²) in [6.07, 6.45) is -0.500. The average Bonchev–Trinajstić information content (AvgIpc) is 2.54. The molecule has 0 N–H and O–H groups in total. The predicted molar refractivity (Wildman–Crippen MR) is 89.8 cm³/mol. The van der Waals surface area contributed by atoms with Crippen LogP contribution in [0.3, 0.4) is 0 Å². The van der Waals surface area contributed by atoms with Gasteiger partial charge in [-0.1, -0.05) is 6.92 Å². The zero-order valence-corrected chi connectivity index (χ0v) is 17.0. The quantitative estimate of drug-likeness (QED) is 0.194.